The Morgan fingerprint density at radius 2 is 2.00 bits per heavy atom. The highest BCUT2D eigenvalue weighted by Gasteiger charge is 2.07. The van der Waals surface area contributed by atoms with Gasteiger partial charge in [0.15, 0.2) is 5.82 Å². The van der Waals surface area contributed by atoms with Gasteiger partial charge in [-0.25, -0.2) is 4.98 Å². The molecule has 0 saturated carbocycles. The molecule has 0 aliphatic carbocycles. The maximum Gasteiger partial charge on any atom is 0.227 e. The molecule has 0 amide bonds. The monoisotopic (exact) mass is 192 g/mol. The van der Waals surface area contributed by atoms with E-state index in [1.54, 1.807) is 6.92 Å². The smallest absolute Gasteiger partial charge is 0.227 e. The minimum absolute atomic E-state index is 0.0694. The molecule has 6 heteroatoms. The van der Waals surface area contributed by atoms with Gasteiger partial charge in [0, 0.05) is 0 Å². The van der Waals surface area contributed by atoms with Crippen LogP contribution in [0, 0.1) is 0 Å². The van der Waals surface area contributed by atoms with E-state index in [9.17, 15) is 0 Å². The average molecular weight is 193 g/mol. The molecule has 11 heavy (non-hydrogen) atoms. The van der Waals surface area contributed by atoms with Crippen LogP contribution in [-0.2, 0) is 0 Å². The lowest BCUT2D eigenvalue weighted by molar-refractivity contribution is 0.883. The Bertz CT molecular complexity index is 242. The van der Waals surface area contributed by atoms with Crippen LogP contribution in [0.3, 0.4) is 0 Å². The van der Waals surface area contributed by atoms with Crippen molar-refractivity contribution in [3.05, 3.63) is 11.1 Å². The molecule has 0 spiro atoms. The van der Waals surface area contributed by atoms with Crippen LogP contribution in [-0.4, -0.2) is 15.0 Å². The van der Waals surface area contributed by atoms with Crippen LogP contribution in [0.1, 0.15) is 18.1 Å². The molecular formula is C5H6Cl2N4. The quantitative estimate of drug-likeness (QED) is 0.684. The van der Waals surface area contributed by atoms with E-state index in [1.165, 1.54) is 0 Å². The molecule has 0 aliphatic heterocycles. The molecule has 0 radical (unpaired) electrons. The molecule has 1 aromatic heterocycles. The van der Waals surface area contributed by atoms with E-state index < -0.39 is 0 Å². The summed E-state index contributed by atoms with van der Waals surface area (Å²) in [7, 11) is 0. The normalized spacial score (nSPS) is 13.0. The average Bonchev–Trinajstić information content (AvgIpc) is 1.85. The third-order valence-electron chi connectivity index (χ3n) is 0.999. The highest BCUT2D eigenvalue weighted by Crippen LogP contribution is 2.16. The first-order valence-corrected chi connectivity index (χ1v) is 3.72. The van der Waals surface area contributed by atoms with Crippen molar-refractivity contribution in [2.45, 2.75) is 12.3 Å². The maximum atomic E-state index is 5.68. The number of hydrogen-bond donors (Lipinski definition) is 1. The van der Waals surface area contributed by atoms with Gasteiger partial charge in [-0.05, 0) is 18.5 Å². The number of anilines is 1. The zero-order valence-electron chi connectivity index (χ0n) is 5.75. The number of hydrogen-bond acceptors (Lipinski definition) is 4. The predicted octanol–water partition coefficient (Wildman–Crippen LogP) is 1.41. The summed E-state index contributed by atoms with van der Waals surface area (Å²) in [6.07, 6.45) is 0. The Morgan fingerprint density at radius 1 is 1.36 bits per heavy atom. The van der Waals surface area contributed by atoms with Crippen LogP contribution in [0.15, 0.2) is 0 Å². The van der Waals surface area contributed by atoms with Crippen molar-refractivity contribution in [1.82, 2.24) is 15.0 Å². The molecule has 0 saturated heterocycles. The van der Waals surface area contributed by atoms with Gasteiger partial charge in [0.05, 0.1) is 5.38 Å². The number of rotatable bonds is 1. The molecule has 60 valence electrons. The molecule has 1 atom stereocenters. The number of nitrogen functional groups attached to an aromatic ring is 1. The van der Waals surface area contributed by atoms with Gasteiger partial charge in [-0.1, -0.05) is 0 Å². The Balaban J connectivity index is 3.08. The molecule has 0 aliphatic rings. The lowest BCUT2D eigenvalue weighted by atomic mass is 10.4. The summed E-state index contributed by atoms with van der Waals surface area (Å²) in [6.45, 7) is 1.73. The molecule has 1 heterocycles. The number of alkyl halides is 1. The minimum Gasteiger partial charge on any atom is -0.368 e. The summed E-state index contributed by atoms with van der Waals surface area (Å²) in [5.41, 5.74) is 5.29. The first-order valence-electron chi connectivity index (χ1n) is 2.90. The van der Waals surface area contributed by atoms with Gasteiger partial charge in [0.1, 0.15) is 0 Å². The van der Waals surface area contributed by atoms with E-state index in [1.807, 2.05) is 0 Å². The number of nitrogens with zero attached hydrogens (tertiary/aromatic N) is 3. The van der Waals surface area contributed by atoms with E-state index in [0.29, 0.717) is 5.82 Å². The van der Waals surface area contributed by atoms with Gasteiger partial charge in [0.25, 0.3) is 0 Å². The van der Waals surface area contributed by atoms with Crippen LogP contribution in [0.25, 0.3) is 0 Å². The second-order valence-corrected chi connectivity index (χ2v) is 2.93. The second-order valence-electron chi connectivity index (χ2n) is 1.94. The fourth-order valence-electron chi connectivity index (χ4n) is 0.559. The largest absolute Gasteiger partial charge is 0.368 e. The van der Waals surface area contributed by atoms with Crippen LogP contribution in [0.2, 0.25) is 5.28 Å². The molecule has 2 N–H and O–H groups in total. The Kier molecular flexibility index (Phi) is 2.46. The highest BCUT2D eigenvalue weighted by atomic mass is 35.5. The van der Waals surface area contributed by atoms with Gasteiger partial charge in [-0.2, -0.15) is 9.97 Å². The molecule has 1 aromatic rings. The van der Waals surface area contributed by atoms with Crippen molar-refractivity contribution in [3.63, 3.8) is 0 Å². The SMILES string of the molecule is C[C@@H](Cl)c1nc(N)nc(Cl)n1. The summed E-state index contributed by atoms with van der Waals surface area (Å²) in [5, 5.41) is -0.238. The topological polar surface area (TPSA) is 64.7 Å². The van der Waals surface area contributed by atoms with Gasteiger partial charge >= 0.3 is 0 Å². The lowest BCUT2D eigenvalue weighted by Crippen LogP contribution is -2.03. The van der Waals surface area contributed by atoms with Crippen molar-refractivity contribution in [1.29, 1.82) is 0 Å². The highest BCUT2D eigenvalue weighted by molar-refractivity contribution is 6.28. The van der Waals surface area contributed by atoms with Crippen LogP contribution in [0.5, 0.6) is 0 Å². The predicted molar refractivity (Wildman–Crippen MR) is 43.5 cm³/mol. The molecule has 0 bridgehead atoms. The number of halogens is 2. The molecule has 1 rings (SSSR count). The van der Waals surface area contributed by atoms with Crippen LogP contribution < -0.4 is 5.73 Å². The van der Waals surface area contributed by atoms with Gasteiger partial charge in [-0.15, -0.1) is 11.6 Å². The van der Waals surface area contributed by atoms with Crippen molar-refractivity contribution in [2.24, 2.45) is 0 Å². The summed E-state index contributed by atoms with van der Waals surface area (Å²) in [5.74, 6) is 0.483. The van der Waals surface area contributed by atoms with Gasteiger partial charge in [0.2, 0.25) is 11.2 Å². The molecule has 0 fully saturated rings. The molecule has 0 aromatic carbocycles. The third kappa shape index (κ3) is 2.17. The lowest BCUT2D eigenvalue weighted by Gasteiger charge is -2.00. The summed E-state index contributed by atoms with van der Waals surface area (Å²) in [4.78, 5) is 11.1. The second kappa shape index (κ2) is 3.19. The number of aromatic nitrogens is 3. The Labute approximate surface area is 73.8 Å². The summed E-state index contributed by atoms with van der Waals surface area (Å²) in [6, 6.07) is 0. The van der Waals surface area contributed by atoms with Crippen molar-refractivity contribution >= 4 is 29.2 Å². The summed E-state index contributed by atoms with van der Waals surface area (Å²) < 4.78 is 0. The van der Waals surface area contributed by atoms with E-state index in [4.69, 9.17) is 28.9 Å². The van der Waals surface area contributed by atoms with Crippen LogP contribution in [0.4, 0.5) is 5.95 Å². The van der Waals surface area contributed by atoms with E-state index >= 15 is 0 Å². The summed E-state index contributed by atoms with van der Waals surface area (Å²) >= 11 is 11.2. The van der Waals surface area contributed by atoms with E-state index in [0.717, 1.165) is 0 Å². The van der Waals surface area contributed by atoms with E-state index in [-0.39, 0.29) is 16.6 Å². The Morgan fingerprint density at radius 3 is 2.45 bits per heavy atom. The first-order chi connectivity index (χ1) is 5.09. The van der Waals surface area contributed by atoms with E-state index in [2.05, 4.69) is 15.0 Å². The number of nitrogens with two attached hydrogens (primary N) is 1. The fraction of sp³-hybridized carbons (Fsp3) is 0.400. The molecule has 0 unspecified atom stereocenters. The van der Waals surface area contributed by atoms with Crippen LogP contribution >= 0.6 is 23.2 Å². The zero-order valence-corrected chi connectivity index (χ0v) is 7.26. The van der Waals surface area contributed by atoms with Crippen molar-refractivity contribution in [3.8, 4) is 0 Å². The minimum atomic E-state index is -0.308. The first kappa shape index (κ1) is 8.49. The maximum absolute atomic E-state index is 5.68. The zero-order chi connectivity index (χ0) is 8.43. The van der Waals surface area contributed by atoms with Crippen molar-refractivity contribution < 1.29 is 0 Å². The Hall–Kier alpha value is -0.610. The van der Waals surface area contributed by atoms with Crippen molar-refractivity contribution in [2.75, 3.05) is 5.73 Å². The van der Waals surface area contributed by atoms with Gasteiger partial charge < -0.3 is 5.73 Å². The standard InChI is InChI=1S/C5H6Cl2N4/c1-2(6)3-9-4(7)11-5(8)10-3/h2H,1H3,(H2,8,9,10,11)/t2-/m1/s1. The van der Waals surface area contributed by atoms with Gasteiger partial charge in [-0.3, -0.25) is 0 Å². The third-order valence-corrected chi connectivity index (χ3v) is 1.36. The fourth-order valence-corrected chi connectivity index (χ4v) is 0.830. The molecule has 4 nitrogen and oxygen atoms in total. The molecular weight excluding hydrogens is 187 g/mol.